The van der Waals surface area contributed by atoms with Crippen LogP contribution in [-0.4, -0.2) is 54.7 Å². The van der Waals surface area contributed by atoms with Gasteiger partial charge in [0.2, 0.25) is 0 Å². The zero-order valence-electron chi connectivity index (χ0n) is 22.9. The third-order valence-electron chi connectivity index (χ3n) is 7.08. The fraction of sp³-hybridized carbons (Fsp3) is 1.00. The summed E-state index contributed by atoms with van der Waals surface area (Å²) in [5, 5.41) is 0. The molecule has 0 N–H and O–H groups in total. The molecule has 0 heterocycles. The third kappa shape index (κ3) is 16.6. The van der Waals surface area contributed by atoms with Crippen molar-refractivity contribution < 1.29 is 13.3 Å². The van der Waals surface area contributed by atoms with Crippen LogP contribution in [0.3, 0.4) is 0 Å². The van der Waals surface area contributed by atoms with Crippen LogP contribution in [0.2, 0.25) is 6.04 Å². The van der Waals surface area contributed by atoms with Crippen molar-refractivity contribution in [3.63, 3.8) is 0 Å². The Hall–Kier alpha value is 0.0569. The molecular weight excluding hydrogens is 414 g/mol. The molecule has 0 saturated carbocycles. The van der Waals surface area contributed by atoms with Gasteiger partial charge in [-0.05, 0) is 39.3 Å². The van der Waals surface area contributed by atoms with Gasteiger partial charge in [-0.15, -0.1) is 0 Å². The second kappa shape index (κ2) is 22.8. The summed E-state index contributed by atoms with van der Waals surface area (Å²) >= 11 is 0. The molecule has 4 nitrogen and oxygen atoms in total. The number of rotatable bonds is 25. The Bertz CT molecular complexity index is 372. The average molecular weight is 474 g/mol. The van der Waals surface area contributed by atoms with Crippen LogP contribution in [0.15, 0.2) is 0 Å². The molecule has 0 amide bonds. The Morgan fingerprint density at radius 3 is 1.44 bits per heavy atom. The molecule has 0 aliphatic carbocycles. The fourth-order valence-corrected chi connectivity index (χ4v) is 6.46. The summed E-state index contributed by atoms with van der Waals surface area (Å²) in [5.74, 6) is 0. The number of hydrogen-bond donors (Lipinski definition) is 0. The summed E-state index contributed by atoms with van der Waals surface area (Å²) in [4.78, 5) is 2.64. The van der Waals surface area contributed by atoms with E-state index in [1.807, 2.05) is 0 Å². The van der Waals surface area contributed by atoms with Gasteiger partial charge in [0.1, 0.15) is 0 Å². The monoisotopic (exact) mass is 473 g/mol. The quantitative estimate of drug-likeness (QED) is 0.0986. The van der Waals surface area contributed by atoms with E-state index in [2.05, 4.69) is 25.8 Å². The first-order valence-electron chi connectivity index (χ1n) is 13.9. The Labute approximate surface area is 203 Å². The smallest absolute Gasteiger partial charge is 0.377 e. The maximum Gasteiger partial charge on any atom is 0.500 e. The van der Waals surface area contributed by atoms with Crippen molar-refractivity contribution in [2.24, 2.45) is 0 Å². The molecule has 32 heavy (non-hydrogen) atoms. The van der Waals surface area contributed by atoms with E-state index in [0.717, 1.165) is 12.5 Å². The lowest BCUT2D eigenvalue weighted by Gasteiger charge is -2.30. The van der Waals surface area contributed by atoms with Crippen LogP contribution < -0.4 is 0 Å². The molecule has 5 heteroatoms. The van der Waals surface area contributed by atoms with Crippen LogP contribution >= 0.6 is 0 Å². The van der Waals surface area contributed by atoms with Crippen LogP contribution in [0.1, 0.15) is 129 Å². The fourth-order valence-electron chi connectivity index (χ4n) is 4.71. The highest BCUT2D eigenvalue weighted by molar-refractivity contribution is 6.60. The van der Waals surface area contributed by atoms with Crippen LogP contribution in [-0.2, 0) is 13.3 Å². The van der Waals surface area contributed by atoms with E-state index in [0.29, 0.717) is 6.04 Å². The van der Waals surface area contributed by atoms with Gasteiger partial charge in [0.05, 0.1) is 0 Å². The minimum atomic E-state index is -2.44. The van der Waals surface area contributed by atoms with Crippen LogP contribution in [0.25, 0.3) is 0 Å². The lowest BCUT2D eigenvalue weighted by molar-refractivity contribution is 0.121. The summed E-state index contributed by atoms with van der Waals surface area (Å²) in [7, 11) is 5.08. The van der Waals surface area contributed by atoms with Gasteiger partial charge in [-0.2, -0.15) is 0 Å². The summed E-state index contributed by atoms with van der Waals surface area (Å²) in [6.07, 6.45) is 24.5. The first kappa shape index (κ1) is 32.1. The second-order valence-electron chi connectivity index (χ2n) is 9.71. The van der Waals surface area contributed by atoms with Crippen molar-refractivity contribution in [1.82, 2.24) is 4.90 Å². The van der Waals surface area contributed by atoms with Gasteiger partial charge in [-0.3, -0.25) is 0 Å². The molecule has 0 aromatic rings. The zero-order chi connectivity index (χ0) is 23.9. The molecule has 0 saturated heterocycles. The first-order chi connectivity index (χ1) is 15.6. The number of hydrogen-bond acceptors (Lipinski definition) is 4. The van der Waals surface area contributed by atoms with Crippen molar-refractivity contribution in [3.8, 4) is 0 Å². The van der Waals surface area contributed by atoms with Crippen molar-refractivity contribution in [3.05, 3.63) is 0 Å². The van der Waals surface area contributed by atoms with E-state index in [4.69, 9.17) is 13.3 Å². The highest BCUT2D eigenvalue weighted by atomic mass is 28.4. The van der Waals surface area contributed by atoms with Gasteiger partial charge in [0, 0.05) is 33.4 Å². The minimum absolute atomic E-state index is 0.674. The maximum atomic E-state index is 5.63. The van der Waals surface area contributed by atoms with Gasteiger partial charge in [0.25, 0.3) is 0 Å². The molecular formula is C27H59NO3Si. The van der Waals surface area contributed by atoms with Crippen molar-refractivity contribution in [1.29, 1.82) is 0 Å². The highest BCUT2D eigenvalue weighted by Crippen LogP contribution is 2.22. The van der Waals surface area contributed by atoms with Crippen LogP contribution in [0.5, 0.6) is 0 Å². The van der Waals surface area contributed by atoms with Gasteiger partial charge in [-0.1, -0.05) is 104 Å². The topological polar surface area (TPSA) is 30.9 Å². The largest absolute Gasteiger partial charge is 0.500 e. The molecule has 0 spiro atoms. The highest BCUT2D eigenvalue weighted by Gasteiger charge is 2.37. The second-order valence-corrected chi connectivity index (χ2v) is 12.8. The lowest BCUT2D eigenvalue weighted by atomic mass is 10.0. The molecule has 0 aliphatic heterocycles. The Morgan fingerprint density at radius 2 is 0.969 bits per heavy atom. The molecule has 194 valence electrons. The lowest BCUT2D eigenvalue weighted by Crippen LogP contribution is -2.43. The predicted molar refractivity (Wildman–Crippen MR) is 142 cm³/mol. The molecule has 0 fully saturated rings. The minimum Gasteiger partial charge on any atom is -0.377 e. The van der Waals surface area contributed by atoms with E-state index in [1.165, 1.54) is 116 Å². The van der Waals surface area contributed by atoms with Gasteiger partial charge < -0.3 is 18.2 Å². The molecule has 0 radical (unpaired) electrons. The van der Waals surface area contributed by atoms with Crippen LogP contribution in [0, 0.1) is 0 Å². The van der Waals surface area contributed by atoms with E-state index in [1.54, 1.807) is 21.3 Å². The van der Waals surface area contributed by atoms with E-state index < -0.39 is 8.80 Å². The van der Waals surface area contributed by atoms with Crippen molar-refractivity contribution in [2.75, 3.05) is 34.9 Å². The molecule has 0 bridgehead atoms. The summed E-state index contributed by atoms with van der Waals surface area (Å²) in [6.45, 7) is 5.82. The van der Waals surface area contributed by atoms with Crippen molar-refractivity contribution >= 4 is 8.80 Å². The summed E-state index contributed by atoms with van der Waals surface area (Å²) in [6, 6.07) is 1.59. The van der Waals surface area contributed by atoms with Crippen LogP contribution in [0.4, 0.5) is 0 Å². The summed E-state index contributed by atoms with van der Waals surface area (Å²) < 4.78 is 16.9. The third-order valence-corrected chi connectivity index (χ3v) is 9.91. The number of nitrogens with zero attached hydrogens (tertiary/aromatic N) is 1. The van der Waals surface area contributed by atoms with E-state index >= 15 is 0 Å². The maximum absolute atomic E-state index is 5.63. The van der Waals surface area contributed by atoms with Gasteiger partial charge in [0.15, 0.2) is 0 Å². The molecule has 0 rings (SSSR count). The molecule has 0 aromatic carbocycles. The normalized spacial score (nSPS) is 13.2. The Balaban J connectivity index is 4.34. The first-order valence-corrected chi connectivity index (χ1v) is 15.9. The predicted octanol–water partition coefficient (Wildman–Crippen LogP) is 8.23. The standard InChI is InChI=1S/C27H59NO3Si/c1-7-9-11-13-15-17-19-21-25-28(3)27(23-20-18-16-14-12-10-8-2)24-22-26-32(29-4,30-5)31-6/h27H,7-26H2,1-6H3. The summed E-state index contributed by atoms with van der Waals surface area (Å²) in [5.41, 5.74) is 0. The Kier molecular flexibility index (Phi) is 22.9. The SMILES string of the molecule is CCCCCCCCCCN(C)C(CCCCCCCCC)CCC[Si](OC)(OC)OC. The van der Waals surface area contributed by atoms with E-state index in [-0.39, 0.29) is 0 Å². The van der Waals surface area contributed by atoms with Gasteiger partial charge >= 0.3 is 8.80 Å². The molecule has 0 aromatic heterocycles. The number of unbranched alkanes of at least 4 members (excludes halogenated alkanes) is 13. The van der Waals surface area contributed by atoms with E-state index in [9.17, 15) is 0 Å². The Morgan fingerprint density at radius 1 is 0.562 bits per heavy atom. The molecule has 1 unspecified atom stereocenters. The molecule has 0 aliphatic rings. The van der Waals surface area contributed by atoms with Crippen molar-refractivity contribution in [2.45, 2.75) is 142 Å². The average Bonchev–Trinajstić information content (AvgIpc) is 2.81. The zero-order valence-corrected chi connectivity index (χ0v) is 23.9. The molecule has 1 atom stereocenters. The van der Waals surface area contributed by atoms with Gasteiger partial charge in [-0.25, -0.2) is 0 Å².